The smallest absolute Gasteiger partial charge is 0.326 e. The van der Waals surface area contributed by atoms with Crippen LogP contribution in [0.4, 0.5) is 10.1 Å². The Balaban J connectivity index is 1.70. The van der Waals surface area contributed by atoms with Crippen LogP contribution in [0.15, 0.2) is 72.8 Å². The number of ether oxygens (including phenoxy) is 1. The zero-order chi connectivity index (χ0) is 21.5. The van der Waals surface area contributed by atoms with Crippen LogP contribution in [-0.4, -0.2) is 30.1 Å². The molecule has 1 atom stereocenters. The lowest BCUT2D eigenvalue weighted by Crippen LogP contribution is -2.41. The summed E-state index contributed by atoms with van der Waals surface area (Å²) in [7, 11) is 0. The van der Waals surface area contributed by atoms with E-state index in [9.17, 15) is 19.1 Å². The predicted molar refractivity (Wildman–Crippen MR) is 113 cm³/mol. The molecule has 0 saturated heterocycles. The van der Waals surface area contributed by atoms with Crippen LogP contribution < -0.4 is 9.64 Å². The Kier molecular flexibility index (Phi) is 6.80. The minimum Gasteiger partial charge on any atom is -0.493 e. The highest BCUT2D eigenvalue weighted by atomic mass is 19.1. The van der Waals surface area contributed by atoms with Gasteiger partial charge in [0.05, 0.1) is 6.61 Å². The number of carboxylic acids is 1. The van der Waals surface area contributed by atoms with Crippen molar-refractivity contribution in [3.8, 4) is 16.9 Å². The van der Waals surface area contributed by atoms with Crippen molar-refractivity contribution < 1.29 is 23.8 Å². The van der Waals surface area contributed by atoms with Gasteiger partial charge in [0.25, 0.3) is 0 Å². The number of nitrogens with zero attached hydrogens (tertiary/aromatic N) is 1. The summed E-state index contributed by atoms with van der Waals surface area (Å²) in [5.74, 6) is -1.08. The van der Waals surface area contributed by atoms with E-state index in [1.165, 1.54) is 29.2 Å². The lowest BCUT2D eigenvalue weighted by Gasteiger charge is -2.25. The Hall–Kier alpha value is -3.67. The van der Waals surface area contributed by atoms with Gasteiger partial charge in [-0.25, -0.2) is 9.18 Å². The molecule has 0 bridgehead atoms. The van der Waals surface area contributed by atoms with Crippen LogP contribution in [0.25, 0.3) is 11.1 Å². The van der Waals surface area contributed by atoms with Gasteiger partial charge in [0.2, 0.25) is 6.41 Å². The fraction of sp³-hybridized carbons (Fsp3) is 0.167. The van der Waals surface area contributed by atoms with Gasteiger partial charge in [-0.05, 0) is 54.4 Å². The van der Waals surface area contributed by atoms with Crippen molar-refractivity contribution in [2.75, 3.05) is 11.5 Å². The van der Waals surface area contributed by atoms with E-state index in [0.717, 1.165) is 16.7 Å². The summed E-state index contributed by atoms with van der Waals surface area (Å²) in [6.45, 7) is 2.08. The first-order chi connectivity index (χ1) is 14.5. The molecule has 0 aliphatic heterocycles. The highest BCUT2D eigenvalue weighted by Gasteiger charge is 2.26. The molecule has 0 heterocycles. The molecule has 3 aromatic rings. The molecule has 1 amide bonds. The lowest BCUT2D eigenvalue weighted by molar-refractivity contribution is -0.139. The molecule has 0 unspecified atom stereocenters. The standard InChI is InChI=1S/C24H22FNO4/c1-17-2-4-18(5-3-17)19-6-10-21(11-7-19)26(16-27)23(24(28)29)14-15-30-22-12-8-20(25)9-13-22/h2-13,16,23H,14-15H2,1H3,(H,28,29)/t23-/m0/s1. The Morgan fingerprint density at radius 1 is 1.00 bits per heavy atom. The number of carboxylic acid groups (broad SMARTS) is 1. The average Bonchev–Trinajstić information content (AvgIpc) is 2.75. The molecule has 30 heavy (non-hydrogen) atoms. The summed E-state index contributed by atoms with van der Waals surface area (Å²) in [5, 5.41) is 9.62. The Bertz CT molecular complexity index is 985. The number of carbonyl (C=O) groups is 2. The number of aryl methyl sites for hydroxylation is 1. The minimum atomic E-state index is -1.13. The SMILES string of the molecule is Cc1ccc(-c2ccc(N(C=O)[C@@H](CCOc3ccc(F)cc3)C(=O)O)cc2)cc1. The molecule has 154 valence electrons. The number of aliphatic carboxylic acids is 1. The number of hydrogen-bond acceptors (Lipinski definition) is 3. The van der Waals surface area contributed by atoms with Crippen molar-refractivity contribution in [2.24, 2.45) is 0 Å². The van der Waals surface area contributed by atoms with E-state index >= 15 is 0 Å². The number of benzene rings is 3. The van der Waals surface area contributed by atoms with Crippen molar-refractivity contribution in [1.82, 2.24) is 0 Å². The highest BCUT2D eigenvalue weighted by molar-refractivity contribution is 5.88. The van der Waals surface area contributed by atoms with Gasteiger partial charge in [0, 0.05) is 12.1 Å². The zero-order valence-corrected chi connectivity index (χ0v) is 16.5. The molecular formula is C24H22FNO4. The summed E-state index contributed by atoms with van der Waals surface area (Å²) < 4.78 is 18.4. The van der Waals surface area contributed by atoms with E-state index in [2.05, 4.69) is 0 Å². The monoisotopic (exact) mass is 407 g/mol. The first-order valence-electron chi connectivity index (χ1n) is 9.50. The Labute approximate surface area is 174 Å². The molecule has 6 heteroatoms. The summed E-state index contributed by atoms with van der Waals surface area (Å²) in [5.41, 5.74) is 3.65. The van der Waals surface area contributed by atoms with Crippen LogP contribution in [0.5, 0.6) is 5.75 Å². The number of hydrogen-bond donors (Lipinski definition) is 1. The van der Waals surface area contributed by atoms with Crippen molar-refractivity contribution in [3.63, 3.8) is 0 Å². The maximum atomic E-state index is 13.0. The summed E-state index contributed by atoms with van der Waals surface area (Å²) in [6.07, 6.45) is 0.586. The number of anilines is 1. The topological polar surface area (TPSA) is 66.8 Å². The summed E-state index contributed by atoms with van der Waals surface area (Å²) in [4.78, 5) is 24.6. The van der Waals surface area contributed by atoms with Crippen molar-refractivity contribution in [3.05, 3.63) is 84.2 Å². The third-order valence-corrected chi connectivity index (χ3v) is 4.76. The van der Waals surface area contributed by atoms with E-state index in [1.807, 2.05) is 43.3 Å². The van der Waals surface area contributed by atoms with Crippen LogP contribution in [0.3, 0.4) is 0 Å². The summed E-state index contributed by atoms with van der Waals surface area (Å²) >= 11 is 0. The van der Waals surface area contributed by atoms with Crippen LogP contribution in [-0.2, 0) is 9.59 Å². The van der Waals surface area contributed by atoms with Crippen LogP contribution in [0.2, 0.25) is 0 Å². The van der Waals surface area contributed by atoms with Gasteiger partial charge in [-0.15, -0.1) is 0 Å². The molecule has 0 aromatic heterocycles. The van der Waals surface area contributed by atoms with E-state index in [0.29, 0.717) is 17.8 Å². The number of amides is 1. The predicted octanol–water partition coefficient (Wildman–Crippen LogP) is 4.69. The van der Waals surface area contributed by atoms with Gasteiger partial charge in [-0.2, -0.15) is 0 Å². The van der Waals surface area contributed by atoms with Gasteiger partial charge in [0.15, 0.2) is 0 Å². The van der Waals surface area contributed by atoms with Crippen molar-refractivity contribution in [2.45, 2.75) is 19.4 Å². The van der Waals surface area contributed by atoms with Crippen LogP contribution in [0, 0.1) is 12.7 Å². The largest absolute Gasteiger partial charge is 0.493 e. The van der Waals surface area contributed by atoms with Crippen LogP contribution >= 0.6 is 0 Å². The van der Waals surface area contributed by atoms with Gasteiger partial charge in [-0.3, -0.25) is 4.79 Å². The average molecular weight is 407 g/mol. The fourth-order valence-corrected chi connectivity index (χ4v) is 3.09. The summed E-state index contributed by atoms with van der Waals surface area (Å²) in [6, 6.07) is 19.6. The quantitative estimate of drug-likeness (QED) is 0.523. The maximum Gasteiger partial charge on any atom is 0.326 e. The first-order valence-corrected chi connectivity index (χ1v) is 9.50. The number of carbonyl (C=O) groups excluding carboxylic acids is 1. The van der Waals surface area contributed by atoms with Crippen molar-refractivity contribution >= 4 is 18.1 Å². The third kappa shape index (κ3) is 5.23. The molecule has 0 aliphatic carbocycles. The molecule has 0 radical (unpaired) electrons. The maximum absolute atomic E-state index is 13.0. The minimum absolute atomic E-state index is 0.0639. The van der Waals surface area contributed by atoms with E-state index in [1.54, 1.807) is 12.1 Å². The second-order valence-electron chi connectivity index (χ2n) is 6.87. The highest BCUT2D eigenvalue weighted by Crippen LogP contribution is 2.25. The molecule has 5 nitrogen and oxygen atoms in total. The molecule has 3 aromatic carbocycles. The number of rotatable bonds is 9. The van der Waals surface area contributed by atoms with Gasteiger partial charge in [-0.1, -0.05) is 42.0 Å². The van der Waals surface area contributed by atoms with Gasteiger partial charge >= 0.3 is 5.97 Å². The zero-order valence-electron chi connectivity index (χ0n) is 16.5. The van der Waals surface area contributed by atoms with Crippen LogP contribution in [0.1, 0.15) is 12.0 Å². The molecule has 0 fully saturated rings. The Morgan fingerprint density at radius 3 is 2.10 bits per heavy atom. The molecule has 0 spiro atoms. The fourth-order valence-electron chi connectivity index (χ4n) is 3.09. The second kappa shape index (κ2) is 9.69. The van der Waals surface area contributed by atoms with E-state index < -0.39 is 12.0 Å². The molecule has 3 rings (SSSR count). The second-order valence-corrected chi connectivity index (χ2v) is 6.87. The number of halogens is 1. The first kappa shape index (κ1) is 21.0. The Morgan fingerprint density at radius 2 is 1.57 bits per heavy atom. The van der Waals surface area contributed by atoms with Gasteiger partial charge in [0.1, 0.15) is 17.6 Å². The molecule has 0 saturated carbocycles. The van der Waals surface area contributed by atoms with Gasteiger partial charge < -0.3 is 14.7 Å². The molecule has 1 N–H and O–H groups in total. The third-order valence-electron chi connectivity index (χ3n) is 4.76. The lowest BCUT2D eigenvalue weighted by atomic mass is 10.0. The molecule has 0 aliphatic rings. The normalized spacial score (nSPS) is 11.5. The molecular weight excluding hydrogens is 385 g/mol. The van der Waals surface area contributed by atoms with E-state index in [4.69, 9.17) is 4.74 Å². The van der Waals surface area contributed by atoms with E-state index in [-0.39, 0.29) is 18.8 Å². The van der Waals surface area contributed by atoms with Crippen molar-refractivity contribution in [1.29, 1.82) is 0 Å².